The van der Waals surface area contributed by atoms with Crippen molar-refractivity contribution in [2.75, 3.05) is 17.6 Å². The van der Waals surface area contributed by atoms with Crippen molar-refractivity contribution in [3.63, 3.8) is 0 Å². The molecule has 0 fully saturated rings. The summed E-state index contributed by atoms with van der Waals surface area (Å²) in [4.78, 5) is 17.0. The number of hydrogen-bond acceptors (Lipinski definition) is 9. The molecule has 0 aliphatic rings. The van der Waals surface area contributed by atoms with Crippen molar-refractivity contribution in [3.8, 4) is 11.1 Å². The topological polar surface area (TPSA) is 141 Å². The number of nitrogens with two attached hydrogens (primary N) is 1. The third-order valence-corrected chi connectivity index (χ3v) is 5.76. The average Bonchev–Trinajstić information content (AvgIpc) is 3.33. The standard InChI is InChI=1S/C18H15N5O4S2/c19-29(25,26)9-8-20-18-23-22-16(27-18)15(24)17-21-13-7-6-12(10-14(13)28-17)11-4-2-1-3-5-11/h1-7,10H,8-9H2,(H,20,23)(H2,19,25,26). The Morgan fingerprint density at radius 1 is 1.10 bits per heavy atom. The predicted molar refractivity (Wildman–Crippen MR) is 109 cm³/mol. The fourth-order valence-electron chi connectivity index (χ4n) is 2.61. The van der Waals surface area contributed by atoms with E-state index in [1.54, 1.807) is 0 Å². The lowest BCUT2D eigenvalue weighted by atomic mass is 10.1. The molecule has 0 spiro atoms. The number of hydrogen-bond donors (Lipinski definition) is 2. The second-order valence-corrected chi connectivity index (χ2v) is 8.87. The van der Waals surface area contributed by atoms with Crippen molar-refractivity contribution in [2.24, 2.45) is 5.14 Å². The Hall–Kier alpha value is -3.15. The van der Waals surface area contributed by atoms with Crippen LogP contribution in [-0.4, -0.2) is 41.7 Å². The first-order chi connectivity index (χ1) is 13.9. The van der Waals surface area contributed by atoms with E-state index in [-0.39, 0.29) is 29.2 Å². The molecule has 2 aromatic carbocycles. The molecule has 148 valence electrons. The lowest BCUT2D eigenvalue weighted by Gasteiger charge is -2.00. The number of fused-ring (bicyclic) bond motifs is 1. The maximum Gasteiger partial charge on any atom is 0.315 e. The summed E-state index contributed by atoms with van der Waals surface area (Å²) in [5, 5.41) is 15.1. The fraction of sp³-hybridized carbons (Fsp3) is 0.111. The van der Waals surface area contributed by atoms with Crippen molar-refractivity contribution in [1.82, 2.24) is 15.2 Å². The highest BCUT2D eigenvalue weighted by atomic mass is 32.2. The summed E-state index contributed by atoms with van der Waals surface area (Å²) in [6.45, 7) is -0.0158. The van der Waals surface area contributed by atoms with Crippen LogP contribution < -0.4 is 10.5 Å². The van der Waals surface area contributed by atoms with Gasteiger partial charge in [0, 0.05) is 6.54 Å². The zero-order valence-electron chi connectivity index (χ0n) is 14.9. The zero-order chi connectivity index (χ0) is 20.4. The maximum absolute atomic E-state index is 12.6. The van der Waals surface area contributed by atoms with Gasteiger partial charge in [-0.25, -0.2) is 18.5 Å². The van der Waals surface area contributed by atoms with Gasteiger partial charge in [-0.15, -0.1) is 16.4 Å². The van der Waals surface area contributed by atoms with Crippen molar-refractivity contribution in [2.45, 2.75) is 0 Å². The van der Waals surface area contributed by atoms with Gasteiger partial charge in [-0.1, -0.05) is 41.5 Å². The van der Waals surface area contributed by atoms with Crippen molar-refractivity contribution in [1.29, 1.82) is 0 Å². The first-order valence-corrected chi connectivity index (χ1v) is 11.0. The van der Waals surface area contributed by atoms with Crippen LogP contribution in [0.2, 0.25) is 0 Å². The van der Waals surface area contributed by atoms with Gasteiger partial charge in [0.15, 0.2) is 5.01 Å². The minimum Gasteiger partial charge on any atom is -0.400 e. The van der Waals surface area contributed by atoms with Gasteiger partial charge in [-0.05, 0) is 23.3 Å². The molecule has 0 unspecified atom stereocenters. The number of thiazole rings is 1. The Labute approximate surface area is 169 Å². The molecular formula is C18H15N5O4S2. The number of sulfonamides is 1. The van der Waals surface area contributed by atoms with Gasteiger partial charge < -0.3 is 9.73 Å². The SMILES string of the molecule is NS(=O)(=O)CCNc1nnc(C(=O)c2nc3ccc(-c4ccccc4)cc3s2)o1. The molecule has 0 saturated carbocycles. The Bertz CT molecular complexity index is 1280. The summed E-state index contributed by atoms with van der Waals surface area (Å²) >= 11 is 1.23. The highest BCUT2D eigenvalue weighted by Crippen LogP contribution is 2.29. The molecule has 0 bridgehead atoms. The molecule has 2 aromatic heterocycles. The normalized spacial score (nSPS) is 11.6. The van der Waals surface area contributed by atoms with Crippen LogP contribution in [0.4, 0.5) is 6.01 Å². The number of anilines is 1. The number of rotatable bonds is 7. The number of ketones is 1. The fourth-order valence-corrected chi connectivity index (χ4v) is 3.93. The minimum atomic E-state index is -3.61. The molecule has 4 aromatic rings. The Kier molecular flexibility index (Phi) is 5.09. The summed E-state index contributed by atoms with van der Waals surface area (Å²) < 4.78 is 28.0. The van der Waals surface area contributed by atoms with E-state index in [1.807, 2.05) is 48.5 Å². The van der Waals surface area contributed by atoms with Gasteiger partial charge in [-0.3, -0.25) is 4.79 Å². The van der Waals surface area contributed by atoms with Crippen molar-refractivity contribution >= 4 is 43.4 Å². The lowest BCUT2D eigenvalue weighted by molar-refractivity contribution is 0.100. The molecule has 9 nitrogen and oxygen atoms in total. The second kappa shape index (κ2) is 7.70. The van der Waals surface area contributed by atoms with Gasteiger partial charge in [0.1, 0.15) is 0 Å². The molecule has 11 heteroatoms. The number of nitrogens with one attached hydrogen (secondary N) is 1. The van der Waals surface area contributed by atoms with Crippen LogP contribution >= 0.6 is 11.3 Å². The van der Waals surface area contributed by atoms with Gasteiger partial charge in [-0.2, -0.15) is 0 Å². The first kappa shape index (κ1) is 19.2. The molecule has 0 radical (unpaired) electrons. The van der Waals surface area contributed by atoms with E-state index in [9.17, 15) is 13.2 Å². The lowest BCUT2D eigenvalue weighted by Crippen LogP contribution is -2.22. The van der Waals surface area contributed by atoms with E-state index in [2.05, 4.69) is 20.5 Å². The first-order valence-electron chi connectivity index (χ1n) is 8.48. The van der Waals surface area contributed by atoms with Crippen molar-refractivity contribution < 1.29 is 17.6 Å². The molecule has 2 heterocycles. The van der Waals surface area contributed by atoms with Crippen LogP contribution in [0.3, 0.4) is 0 Å². The summed E-state index contributed by atoms with van der Waals surface area (Å²) in [5.41, 5.74) is 2.80. The highest BCUT2D eigenvalue weighted by Gasteiger charge is 2.21. The number of benzene rings is 2. The number of carbonyl (C=O) groups is 1. The van der Waals surface area contributed by atoms with E-state index in [1.165, 1.54) is 11.3 Å². The van der Waals surface area contributed by atoms with Gasteiger partial charge >= 0.3 is 6.01 Å². The minimum absolute atomic E-state index is 0.0158. The van der Waals surface area contributed by atoms with Crippen LogP contribution in [0.25, 0.3) is 21.3 Å². The van der Waals surface area contributed by atoms with Gasteiger partial charge in [0.2, 0.25) is 10.0 Å². The van der Waals surface area contributed by atoms with Gasteiger partial charge in [0.25, 0.3) is 11.7 Å². The molecular weight excluding hydrogens is 414 g/mol. The molecule has 0 aliphatic heterocycles. The molecule has 3 N–H and O–H groups in total. The molecule has 29 heavy (non-hydrogen) atoms. The van der Waals surface area contributed by atoms with Crippen LogP contribution in [-0.2, 0) is 10.0 Å². The molecule has 0 atom stereocenters. The number of carbonyl (C=O) groups excluding carboxylic acids is 1. The maximum atomic E-state index is 12.6. The third kappa shape index (κ3) is 4.47. The zero-order valence-corrected chi connectivity index (χ0v) is 16.5. The molecule has 0 saturated heterocycles. The van der Waals surface area contributed by atoms with Crippen LogP contribution in [0, 0.1) is 0 Å². The Morgan fingerprint density at radius 3 is 2.66 bits per heavy atom. The van der Waals surface area contributed by atoms with E-state index >= 15 is 0 Å². The highest BCUT2D eigenvalue weighted by molar-refractivity contribution is 7.89. The smallest absolute Gasteiger partial charge is 0.315 e. The van der Waals surface area contributed by atoms with Crippen LogP contribution in [0.5, 0.6) is 0 Å². The molecule has 4 rings (SSSR count). The van der Waals surface area contributed by atoms with E-state index in [0.29, 0.717) is 5.52 Å². The number of nitrogens with zero attached hydrogens (tertiary/aromatic N) is 3. The molecule has 0 amide bonds. The van der Waals surface area contributed by atoms with E-state index in [0.717, 1.165) is 15.8 Å². The second-order valence-electron chi connectivity index (χ2n) is 6.10. The third-order valence-electron chi connectivity index (χ3n) is 3.97. The summed E-state index contributed by atoms with van der Waals surface area (Å²) in [6, 6.07) is 15.6. The Morgan fingerprint density at radius 2 is 1.90 bits per heavy atom. The molecule has 0 aliphatic carbocycles. The monoisotopic (exact) mass is 429 g/mol. The predicted octanol–water partition coefficient (Wildman–Crippen LogP) is 2.28. The summed E-state index contributed by atoms with van der Waals surface area (Å²) in [6.07, 6.45) is 0. The number of primary sulfonamides is 1. The quantitative estimate of drug-likeness (QED) is 0.426. The largest absolute Gasteiger partial charge is 0.400 e. The van der Waals surface area contributed by atoms with E-state index in [4.69, 9.17) is 9.56 Å². The van der Waals surface area contributed by atoms with Crippen LogP contribution in [0.15, 0.2) is 52.9 Å². The van der Waals surface area contributed by atoms with Crippen molar-refractivity contribution in [3.05, 3.63) is 59.4 Å². The Balaban J connectivity index is 1.53. The summed E-state index contributed by atoms with van der Waals surface area (Å²) in [7, 11) is -3.61. The van der Waals surface area contributed by atoms with Gasteiger partial charge in [0.05, 0.1) is 16.0 Å². The number of aromatic nitrogens is 3. The van der Waals surface area contributed by atoms with E-state index < -0.39 is 15.8 Å². The summed E-state index contributed by atoms with van der Waals surface area (Å²) in [5.74, 6) is -1.04. The average molecular weight is 429 g/mol. The van der Waals surface area contributed by atoms with Crippen LogP contribution in [0.1, 0.15) is 15.7 Å².